The van der Waals surface area contributed by atoms with Gasteiger partial charge in [-0.15, -0.1) is 0 Å². The van der Waals surface area contributed by atoms with E-state index in [-0.39, 0.29) is 16.4 Å². The average Bonchev–Trinajstić information content (AvgIpc) is 2.72. The highest BCUT2D eigenvalue weighted by molar-refractivity contribution is 5.79. The first kappa shape index (κ1) is 22.4. The number of methoxy groups -OCH3 is 1. The summed E-state index contributed by atoms with van der Waals surface area (Å²) in [6.07, 6.45) is 2.08. The Hall–Kier alpha value is -2.26. The summed E-state index contributed by atoms with van der Waals surface area (Å²) in [5.41, 5.74) is 6.20. The van der Waals surface area contributed by atoms with Crippen LogP contribution in [0.4, 0.5) is 0 Å². The first-order valence-electron chi connectivity index (χ1n) is 10.9. The molecule has 3 rings (SSSR count). The smallest absolute Gasteiger partial charge is 0.0922 e. The van der Waals surface area contributed by atoms with Crippen LogP contribution in [0.2, 0.25) is 0 Å². The number of benzene rings is 2. The lowest BCUT2D eigenvalue weighted by atomic mass is 9.58. The van der Waals surface area contributed by atoms with E-state index >= 15 is 0 Å². The Morgan fingerprint density at radius 1 is 0.833 bits per heavy atom. The Bertz CT molecular complexity index is 1020. The van der Waals surface area contributed by atoms with Crippen LogP contribution in [0.25, 0.3) is 22.3 Å². The van der Waals surface area contributed by atoms with Gasteiger partial charge in [-0.05, 0) is 62.1 Å². The third-order valence-corrected chi connectivity index (χ3v) is 7.70. The van der Waals surface area contributed by atoms with Gasteiger partial charge < -0.3 is 4.74 Å². The molecule has 0 spiro atoms. The largest absolute Gasteiger partial charge is 0.378 e. The molecule has 3 heteroatoms. The summed E-state index contributed by atoms with van der Waals surface area (Å²) in [6, 6.07) is 16.8. The maximum atomic E-state index is 5.84. The highest BCUT2D eigenvalue weighted by atomic mass is 16.5. The van der Waals surface area contributed by atoms with Gasteiger partial charge in [0.05, 0.1) is 28.0 Å². The second-order valence-electron chi connectivity index (χ2n) is 10.1. The van der Waals surface area contributed by atoms with Crippen LogP contribution in [0.15, 0.2) is 48.5 Å². The Kier molecular flexibility index (Phi) is 6.06. The Morgan fingerprint density at radius 3 is 2.13 bits per heavy atom. The van der Waals surface area contributed by atoms with Crippen LogP contribution < -0.4 is 0 Å². The molecule has 1 aromatic heterocycles. The van der Waals surface area contributed by atoms with Gasteiger partial charge in [0.2, 0.25) is 0 Å². The quantitative estimate of drug-likeness (QED) is 0.424. The number of aromatic nitrogens is 2. The van der Waals surface area contributed by atoms with Crippen LogP contribution >= 0.6 is 0 Å². The zero-order valence-electron chi connectivity index (χ0n) is 19.8. The molecule has 0 fully saturated rings. The topological polar surface area (TPSA) is 35.0 Å². The summed E-state index contributed by atoms with van der Waals surface area (Å²) in [7, 11) is 1.81. The number of hydrogen-bond donors (Lipinski definition) is 0. The molecule has 3 aromatic rings. The molecule has 160 valence electrons. The summed E-state index contributed by atoms with van der Waals surface area (Å²) in [5.74, 6) is 0. The summed E-state index contributed by atoms with van der Waals surface area (Å²) in [4.78, 5) is 9.77. The third kappa shape index (κ3) is 4.13. The lowest BCUT2D eigenvalue weighted by Gasteiger charge is -2.51. The van der Waals surface area contributed by atoms with Gasteiger partial charge >= 0.3 is 0 Å². The maximum Gasteiger partial charge on any atom is 0.0922 e. The van der Waals surface area contributed by atoms with Gasteiger partial charge in [-0.3, -0.25) is 0 Å². The van der Waals surface area contributed by atoms with Gasteiger partial charge in [0.15, 0.2) is 0 Å². The fourth-order valence-corrected chi connectivity index (χ4v) is 4.05. The fourth-order valence-electron chi connectivity index (χ4n) is 4.05. The molecule has 1 heterocycles. The van der Waals surface area contributed by atoms with Crippen LogP contribution in [0.5, 0.6) is 0 Å². The van der Waals surface area contributed by atoms with Crippen LogP contribution in [-0.2, 0) is 11.2 Å². The Labute approximate surface area is 181 Å². The molecular formula is C27H36N2O. The predicted molar refractivity (Wildman–Crippen MR) is 127 cm³/mol. The molecular weight excluding hydrogens is 368 g/mol. The zero-order chi connectivity index (χ0) is 22.2. The van der Waals surface area contributed by atoms with Crippen molar-refractivity contribution in [2.24, 2.45) is 10.8 Å². The molecule has 3 nitrogen and oxygen atoms in total. The molecule has 0 unspecified atom stereocenters. The van der Waals surface area contributed by atoms with Crippen molar-refractivity contribution >= 4 is 11.0 Å². The Morgan fingerprint density at radius 2 is 1.50 bits per heavy atom. The fraction of sp³-hybridized carbons (Fsp3) is 0.481. The second kappa shape index (κ2) is 8.11. The number of ether oxygens (including phenoxy) is 1. The molecule has 0 bridgehead atoms. The minimum absolute atomic E-state index is 0.0204. The van der Waals surface area contributed by atoms with E-state index in [1.807, 2.05) is 32.2 Å². The first-order chi connectivity index (χ1) is 14.0. The van der Waals surface area contributed by atoms with Gasteiger partial charge in [0, 0.05) is 12.7 Å². The van der Waals surface area contributed by atoms with Gasteiger partial charge in [-0.2, -0.15) is 0 Å². The highest BCUT2D eigenvalue weighted by Crippen LogP contribution is 2.50. The van der Waals surface area contributed by atoms with E-state index in [9.17, 15) is 0 Å². The minimum Gasteiger partial charge on any atom is -0.378 e. The number of hydrogen-bond acceptors (Lipinski definition) is 3. The molecule has 0 aliphatic heterocycles. The van der Waals surface area contributed by atoms with Crippen molar-refractivity contribution in [1.29, 1.82) is 0 Å². The summed E-state index contributed by atoms with van der Waals surface area (Å²) >= 11 is 0. The van der Waals surface area contributed by atoms with Crippen molar-refractivity contribution in [3.05, 3.63) is 59.8 Å². The number of aryl methyl sites for hydroxylation is 2. The molecule has 0 radical (unpaired) electrons. The van der Waals surface area contributed by atoms with E-state index in [1.54, 1.807) is 0 Å². The highest BCUT2D eigenvalue weighted by Gasteiger charge is 2.47. The normalized spacial score (nSPS) is 13.1. The van der Waals surface area contributed by atoms with E-state index in [1.165, 1.54) is 5.56 Å². The number of fused-ring (bicyclic) bond motifs is 1. The van der Waals surface area contributed by atoms with Crippen LogP contribution in [0, 0.1) is 17.8 Å². The maximum absolute atomic E-state index is 5.84. The first-order valence-corrected chi connectivity index (χ1v) is 10.9. The molecule has 0 amide bonds. The van der Waals surface area contributed by atoms with Gasteiger partial charge in [0.1, 0.15) is 0 Å². The number of nitrogens with zero attached hydrogens (tertiary/aromatic N) is 2. The SMILES string of the molecule is COC(C)(C)C(C)(C)C(C)(C)CCc1ccc2nc(-c3ccccc3)c(C)nc2c1. The molecule has 0 saturated heterocycles. The third-order valence-electron chi connectivity index (χ3n) is 7.70. The van der Waals surface area contributed by atoms with E-state index in [0.717, 1.165) is 40.8 Å². The van der Waals surface area contributed by atoms with Crippen molar-refractivity contribution in [2.45, 2.75) is 66.9 Å². The van der Waals surface area contributed by atoms with Crippen LogP contribution in [0.3, 0.4) is 0 Å². The standard InChI is InChI=1S/C27H36N2O/c1-19-24(21-12-10-9-11-13-21)29-22-15-14-20(18-23(22)28-19)16-17-25(2,3)26(4,5)27(6,7)30-8/h9-15,18H,16-17H2,1-8H3. The number of rotatable bonds is 7. The van der Waals surface area contributed by atoms with Crippen molar-refractivity contribution in [3.8, 4) is 11.3 Å². The molecule has 0 N–H and O–H groups in total. The van der Waals surface area contributed by atoms with Crippen molar-refractivity contribution in [3.63, 3.8) is 0 Å². The molecule has 30 heavy (non-hydrogen) atoms. The summed E-state index contributed by atoms with van der Waals surface area (Å²) < 4.78 is 5.84. The predicted octanol–water partition coefficient (Wildman–Crippen LogP) is 7.02. The van der Waals surface area contributed by atoms with Crippen molar-refractivity contribution in [2.75, 3.05) is 7.11 Å². The van der Waals surface area contributed by atoms with Crippen LogP contribution in [0.1, 0.15) is 59.2 Å². The molecule has 2 aromatic carbocycles. The van der Waals surface area contributed by atoms with Crippen molar-refractivity contribution in [1.82, 2.24) is 9.97 Å². The lowest BCUT2D eigenvalue weighted by molar-refractivity contribution is -0.127. The summed E-state index contributed by atoms with van der Waals surface area (Å²) in [6.45, 7) is 15.8. The minimum atomic E-state index is -0.198. The molecule has 0 atom stereocenters. The van der Waals surface area contributed by atoms with Crippen LogP contribution in [-0.4, -0.2) is 22.7 Å². The van der Waals surface area contributed by atoms with E-state index in [2.05, 4.69) is 71.9 Å². The van der Waals surface area contributed by atoms with E-state index in [0.29, 0.717) is 0 Å². The molecule has 0 aliphatic carbocycles. The Balaban J connectivity index is 1.84. The molecule has 0 aliphatic rings. The zero-order valence-corrected chi connectivity index (χ0v) is 19.8. The van der Waals surface area contributed by atoms with E-state index in [4.69, 9.17) is 14.7 Å². The van der Waals surface area contributed by atoms with Gasteiger partial charge in [-0.1, -0.05) is 64.1 Å². The second-order valence-corrected chi connectivity index (χ2v) is 10.1. The summed E-state index contributed by atoms with van der Waals surface area (Å²) in [5, 5.41) is 0. The van der Waals surface area contributed by atoms with Crippen molar-refractivity contribution < 1.29 is 4.74 Å². The molecule has 0 saturated carbocycles. The lowest BCUT2D eigenvalue weighted by Crippen LogP contribution is -2.50. The monoisotopic (exact) mass is 404 g/mol. The van der Waals surface area contributed by atoms with E-state index < -0.39 is 0 Å². The van der Waals surface area contributed by atoms with Gasteiger partial charge in [0.25, 0.3) is 0 Å². The van der Waals surface area contributed by atoms with Gasteiger partial charge in [-0.25, -0.2) is 9.97 Å². The average molecular weight is 405 g/mol.